The van der Waals surface area contributed by atoms with E-state index in [4.69, 9.17) is 0 Å². The third kappa shape index (κ3) is 2.58. The fraction of sp³-hybridized carbons (Fsp3) is 0.750. The second-order valence-corrected chi connectivity index (χ2v) is 9.05. The lowest BCUT2D eigenvalue weighted by molar-refractivity contribution is -0.114. The van der Waals surface area contributed by atoms with Gasteiger partial charge >= 0.3 is 0 Å². The van der Waals surface area contributed by atoms with Crippen LogP contribution < -0.4 is 5.32 Å². The Hall–Kier alpha value is -1.06. The lowest BCUT2D eigenvalue weighted by Crippen LogP contribution is -2.37. The molecule has 1 saturated heterocycles. The van der Waals surface area contributed by atoms with E-state index in [9.17, 15) is 13.2 Å². The number of nitrogens with one attached hydrogen (secondary N) is 1. The number of nitrogens with zero attached hydrogens (tertiary/aromatic N) is 3. The van der Waals surface area contributed by atoms with E-state index in [1.54, 1.807) is 4.31 Å². The molecular formula is C12H18N4O3S2. The van der Waals surface area contributed by atoms with Crippen LogP contribution in [-0.4, -0.2) is 41.4 Å². The van der Waals surface area contributed by atoms with Gasteiger partial charge in [-0.3, -0.25) is 4.79 Å². The first-order valence-electron chi connectivity index (χ1n) is 6.95. The number of aromatic nitrogens is 2. The van der Waals surface area contributed by atoms with E-state index in [0.717, 1.165) is 30.6 Å². The third-order valence-electron chi connectivity index (χ3n) is 4.34. The Balaban J connectivity index is 1.83. The van der Waals surface area contributed by atoms with E-state index in [1.807, 2.05) is 6.92 Å². The Morgan fingerprint density at radius 1 is 1.43 bits per heavy atom. The van der Waals surface area contributed by atoms with E-state index in [1.165, 1.54) is 13.3 Å². The van der Waals surface area contributed by atoms with Gasteiger partial charge in [-0.1, -0.05) is 17.8 Å². The number of amides is 1. The molecular weight excluding hydrogens is 312 g/mol. The molecule has 1 atom stereocenters. The molecule has 1 unspecified atom stereocenters. The molecule has 2 heterocycles. The predicted octanol–water partition coefficient (Wildman–Crippen LogP) is 1.45. The molecule has 116 valence electrons. The van der Waals surface area contributed by atoms with Crippen LogP contribution in [0.2, 0.25) is 0 Å². The van der Waals surface area contributed by atoms with E-state index >= 15 is 0 Å². The van der Waals surface area contributed by atoms with E-state index in [2.05, 4.69) is 15.5 Å². The minimum Gasteiger partial charge on any atom is -0.301 e. The molecule has 7 nitrogen and oxygen atoms in total. The summed E-state index contributed by atoms with van der Waals surface area (Å²) in [7, 11) is -3.62. The van der Waals surface area contributed by atoms with Crippen LogP contribution in [0.25, 0.3) is 0 Å². The van der Waals surface area contributed by atoms with Crippen LogP contribution >= 0.6 is 11.3 Å². The summed E-state index contributed by atoms with van der Waals surface area (Å²) < 4.78 is 26.9. The van der Waals surface area contributed by atoms with Gasteiger partial charge in [0, 0.05) is 19.5 Å². The second-order valence-electron chi connectivity index (χ2n) is 6.01. The molecule has 1 aliphatic carbocycles. The highest BCUT2D eigenvalue weighted by Crippen LogP contribution is 2.51. The van der Waals surface area contributed by atoms with Gasteiger partial charge in [0.05, 0.1) is 0 Å². The third-order valence-corrected chi connectivity index (χ3v) is 7.49. The minimum absolute atomic E-state index is 0.0107. The van der Waals surface area contributed by atoms with Gasteiger partial charge in [0.15, 0.2) is 0 Å². The highest BCUT2D eigenvalue weighted by Gasteiger charge is 2.50. The van der Waals surface area contributed by atoms with E-state index < -0.39 is 10.0 Å². The van der Waals surface area contributed by atoms with E-state index in [-0.39, 0.29) is 26.8 Å². The summed E-state index contributed by atoms with van der Waals surface area (Å²) in [6.07, 6.45) is 4.32. The summed E-state index contributed by atoms with van der Waals surface area (Å²) in [6, 6.07) is -0.0107. The average Bonchev–Trinajstić information content (AvgIpc) is 2.92. The van der Waals surface area contributed by atoms with Crippen LogP contribution in [0, 0.1) is 5.41 Å². The normalized spacial score (nSPS) is 25.0. The van der Waals surface area contributed by atoms with Crippen molar-refractivity contribution < 1.29 is 13.2 Å². The molecule has 1 aromatic rings. The van der Waals surface area contributed by atoms with E-state index in [0.29, 0.717) is 6.54 Å². The molecule has 21 heavy (non-hydrogen) atoms. The Bertz CT molecular complexity index is 666. The molecule has 1 N–H and O–H groups in total. The first-order chi connectivity index (χ1) is 9.82. The highest BCUT2D eigenvalue weighted by molar-refractivity contribution is 7.91. The van der Waals surface area contributed by atoms with Gasteiger partial charge in [-0.15, -0.1) is 10.2 Å². The highest BCUT2D eigenvalue weighted by atomic mass is 32.2. The first kappa shape index (κ1) is 14.9. The molecule has 0 bridgehead atoms. The summed E-state index contributed by atoms with van der Waals surface area (Å²) in [5, 5.41) is 10.1. The molecule has 1 spiro atoms. The number of anilines is 1. The summed E-state index contributed by atoms with van der Waals surface area (Å²) in [4.78, 5) is 11.0. The number of sulfonamides is 1. The number of rotatable bonds is 3. The molecule has 1 saturated carbocycles. The molecule has 2 fully saturated rings. The monoisotopic (exact) mass is 330 g/mol. The van der Waals surface area contributed by atoms with Crippen LogP contribution in [0.5, 0.6) is 0 Å². The van der Waals surface area contributed by atoms with Crippen LogP contribution in [0.4, 0.5) is 5.13 Å². The first-order valence-corrected chi connectivity index (χ1v) is 9.21. The quantitative estimate of drug-likeness (QED) is 0.847. The van der Waals surface area contributed by atoms with Crippen molar-refractivity contribution in [2.45, 2.75) is 49.9 Å². The van der Waals surface area contributed by atoms with Gasteiger partial charge in [-0.2, -0.15) is 4.31 Å². The van der Waals surface area contributed by atoms with Crippen molar-refractivity contribution in [3.63, 3.8) is 0 Å². The van der Waals surface area contributed by atoms with Crippen molar-refractivity contribution in [3.8, 4) is 0 Å². The summed E-state index contributed by atoms with van der Waals surface area (Å²) in [5.41, 5.74) is 0.178. The zero-order chi connectivity index (χ0) is 15.3. The Labute approximate surface area is 127 Å². The maximum atomic E-state index is 12.7. The Morgan fingerprint density at radius 2 is 2.14 bits per heavy atom. The number of carbonyl (C=O) groups excluding carboxylic acids is 1. The SMILES string of the molecule is CC(=O)Nc1nnc(S(=O)(=O)N2CC3(CCC3)CC2C)s1. The van der Waals surface area contributed by atoms with Crippen molar-refractivity contribution in [2.24, 2.45) is 5.41 Å². The summed E-state index contributed by atoms with van der Waals surface area (Å²) in [5.74, 6) is -0.293. The predicted molar refractivity (Wildman–Crippen MR) is 78.5 cm³/mol. The molecule has 0 radical (unpaired) electrons. The van der Waals surface area contributed by atoms with Gasteiger partial charge in [-0.25, -0.2) is 8.42 Å². The maximum absolute atomic E-state index is 12.7. The average molecular weight is 330 g/mol. The lowest BCUT2D eigenvalue weighted by Gasteiger charge is -2.37. The van der Waals surface area contributed by atoms with Gasteiger partial charge in [0.1, 0.15) is 0 Å². The topological polar surface area (TPSA) is 92.3 Å². The van der Waals surface area contributed by atoms with Crippen molar-refractivity contribution >= 4 is 32.4 Å². The minimum atomic E-state index is -3.62. The Morgan fingerprint density at radius 3 is 2.67 bits per heavy atom. The number of carbonyl (C=O) groups is 1. The van der Waals surface area contributed by atoms with Crippen LogP contribution in [-0.2, 0) is 14.8 Å². The molecule has 0 aromatic carbocycles. The zero-order valence-corrected chi connectivity index (χ0v) is 13.6. The Kier molecular flexibility index (Phi) is 3.53. The van der Waals surface area contributed by atoms with Crippen LogP contribution in [0.3, 0.4) is 0 Å². The standard InChI is InChI=1S/C12H18N4O3S2/c1-8-6-12(4-3-5-12)7-16(8)21(18,19)11-15-14-10(20-11)13-9(2)17/h8H,3-7H2,1-2H3,(H,13,14,17). The van der Waals surface area contributed by atoms with Crippen molar-refractivity contribution in [3.05, 3.63) is 0 Å². The van der Waals surface area contributed by atoms with Gasteiger partial charge in [0.25, 0.3) is 10.0 Å². The van der Waals surface area contributed by atoms with Crippen molar-refractivity contribution in [1.82, 2.24) is 14.5 Å². The molecule has 1 aromatic heterocycles. The molecule has 1 aliphatic heterocycles. The fourth-order valence-corrected chi connectivity index (χ4v) is 6.06. The fourth-order valence-electron chi connectivity index (χ4n) is 3.26. The summed E-state index contributed by atoms with van der Waals surface area (Å²) in [6.45, 7) is 3.87. The lowest BCUT2D eigenvalue weighted by atomic mass is 9.68. The second kappa shape index (κ2) is 4.99. The summed E-state index contributed by atoms with van der Waals surface area (Å²) >= 11 is 0.899. The van der Waals surface area contributed by atoms with Crippen molar-refractivity contribution in [2.75, 3.05) is 11.9 Å². The smallest absolute Gasteiger partial charge is 0.272 e. The molecule has 9 heteroatoms. The molecule has 1 amide bonds. The largest absolute Gasteiger partial charge is 0.301 e. The van der Waals surface area contributed by atoms with Crippen LogP contribution in [0.15, 0.2) is 4.34 Å². The number of hydrogen-bond acceptors (Lipinski definition) is 6. The van der Waals surface area contributed by atoms with Crippen molar-refractivity contribution in [1.29, 1.82) is 0 Å². The zero-order valence-electron chi connectivity index (χ0n) is 12.0. The maximum Gasteiger partial charge on any atom is 0.272 e. The molecule has 3 rings (SSSR count). The van der Waals surface area contributed by atoms with Gasteiger partial charge in [-0.05, 0) is 31.6 Å². The number of hydrogen-bond donors (Lipinski definition) is 1. The molecule has 2 aliphatic rings. The van der Waals surface area contributed by atoms with Gasteiger partial charge < -0.3 is 5.32 Å². The van der Waals surface area contributed by atoms with Gasteiger partial charge in [0.2, 0.25) is 15.4 Å². The van der Waals surface area contributed by atoms with Crippen LogP contribution in [0.1, 0.15) is 39.5 Å².